The monoisotopic (exact) mass is 776 g/mol. The van der Waals surface area contributed by atoms with Gasteiger partial charge in [-0.3, -0.25) is 19.2 Å². The minimum absolute atomic E-state index is 0.256. The maximum absolute atomic E-state index is 13.9. The molecule has 57 heavy (non-hydrogen) atoms. The predicted molar refractivity (Wildman–Crippen MR) is 228 cm³/mol. The van der Waals surface area contributed by atoms with Crippen molar-refractivity contribution in [2.45, 2.75) is 127 Å². The van der Waals surface area contributed by atoms with E-state index in [2.05, 4.69) is 67.5 Å². The molecule has 0 aliphatic heterocycles. The van der Waals surface area contributed by atoms with Crippen molar-refractivity contribution in [3.8, 4) is 23.0 Å². The maximum atomic E-state index is 13.9. The van der Waals surface area contributed by atoms with Gasteiger partial charge in [-0.15, -0.1) is 0 Å². The van der Waals surface area contributed by atoms with Crippen LogP contribution in [-0.2, 0) is 30.0 Å². The number of hydrogen-bond acceptors (Lipinski definition) is 8. The summed E-state index contributed by atoms with van der Waals surface area (Å²) in [4.78, 5) is 52.4. The Morgan fingerprint density at radius 3 is 1.25 bits per heavy atom. The molecular formula is C49H60O8. The van der Waals surface area contributed by atoms with E-state index in [0.29, 0.717) is 72.7 Å². The van der Waals surface area contributed by atoms with E-state index in [4.69, 9.17) is 18.9 Å². The zero-order chi connectivity index (χ0) is 42.6. The first-order valence-corrected chi connectivity index (χ1v) is 19.8. The van der Waals surface area contributed by atoms with E-state index in [0.717, 1.165) is 12.0 Å². The molecule has 0 amide bonds. The van der Waals surface area contributed by atoms with Gasteiger partial charge in [-0.1, -0.05) is 127 Å². The number of carbonyl (C=O) groups is 4. The van der Waals surface area contributed by atoms with Crippen LogP contribution in [0.25, 0.3) is 21.5 Å². The highest BCUT2D eigenvalue weighted by atomic mass is 16.6. The molecule has 8 nitrogen and oxygen atoms in total. The van der Waals surface area contributed by atoms with Crippen LogP contribution in [-0.4, -0.2) is 23.9 Å². The minimum atomic E-state index is -0.645. The number of hydrogen-bond donors (Lipinski definition) is 0. The highest BCUT2D eigenvalue weighted by molar-refractivity contribution is 6.00. The highest BCUT2D eigenvalue weighted by Crippen LogP contribution is 2.49. The summed E-state index contributed by atoms with van der Waals surface area (Å²) in [6.07, 6.45) is 4.70. The highest BCUT2D eigenvalue weighted by Gasteiger charge is 2.33. The Balaban J connectivity index is 1.78. The quantitative estimate of drug-likeness (QED) is 0.0708. The van der Waals surface area contributed by atoms with Crippen LogP contribution in [0.5, 0.6) is 23.0 Å². The molecule has 0 fully saturated rings. The number of carbonyl (C=O) groups excluding carboxylic acids is 4. The molecule has 0 aliphatic carbocycles. The van der Waals surface area contributed by atoms with Gasteiger partial charge in [-0.05, 0) is 46.0 Å². The molecule has 0 N–H and O–H groups in total. The first-order chi connectivity index (χ1) is 26.5. The molecule has 0 heterocycles. The smallest absolute Gasteiger partial charge is 0.311 e. The predicted octanol–water partition coefficient (Wildman–Crippen LogP) is 11.9. The molecule has 0 radical (unpaired) electrons. The molecule has 8 heteroatoms. The maximum Gasteiger partial charge on any atom is 0.311 e. The summed E-state index contributed by atoms with van der Waals surface area (Å²) in [5.41, 5.74) is 3.82. The zero-order valence-corrected chi connectivity index (χ0v) is 36.3. The summed E-state index contributed by atoms with van der Waals surface area (Å²) in [5, 5.41) is 2.48. The lowest BCUT2D eigenvalue weighted by Gasteiger charge is -2.30. The number of benzene rings is 4. The average molecular weight is 777 g/mol. The van der Waals surface area contributed by atoms with Gasteiger partial charge in [0.05, 0.1) is 12.8 Å². The van der Waals surface area contributed by atoms with Crippen molar-refractivity contribution >= 4 is 45.4 Å². The fourth-order valence-electron chi connectivity index (χ4n) is 8.05. The summed E-state index contributed by atoms with van der Waals surface area (Å²) in [6.45, 7) is 27.4. The molecule has 0 aromatic heterocycles. The Morgan fingerprint density at radius 2 is 0.912 bits per heavy atom. The lowest BCUT2D eigenvalue weighted by molar-refractivity contribution is -0.140. The van der Waals surface area contributed by atoms with Crippen molar-refractivity contribution in [1.82, 2.24) is 0 Å². The van der Waals surface area contributed by atoms with Gasteiger partial charge in [0, 0.05) is 68.5 Å². The second-order valence-electron chi connectivity index (χ2n) is 17.1. The summed E-state index contributed by atoms with van der Waals surface area (Å²) in [6, 6.07) is 14.7. The molecule has 4 aromatic rings. The first kappa shape index (κ1) is 44.5. The van der Waals surface area contributed by atoms with Crippen molar-refractivity contribution in [3.63, 3.8) is 0 Å². The largest absolute Gasteiger partial charge is 0.426 e. The van der Waals surface area contributed by atoms with E-state index in [1.807, 2.05) is 76.2 Å². The third-order valence-electron chi connectivity index (χ3n) is 10.3. The number of rotatable bonds is 14. The normalized spacial score (nSPS) is 12.7. The number of allylic oxidation sites excluding steroid dienone is 4. The van der Waals surface area contributed by atoms with Crippen LogP contribution in [0.4, 0.5) is 0 Å². The number of fused-ring (bicyclic) bond motifs is 2. The second-order valence-corrected chi connectivity index (χ2v) is 17.1. The molecule has 4 rings (SSSR count). The molecule has 0 bridgehead atoms. The van der Waals surface area contributed by atoms with Crippen molar-refractivity contribution in [2.24, 2.45) is 11.8 Å². The molecule has 0 saturated heterocycles. The van der Waals surface area contributed by atoms with Crippen LogP contribution in [0.3, 0.4) is 0 Å². The molecule has 0 unspecified atom stereocenters. The van der Waals surface area contributed by atoms with E-state index in [1.165, 1.54) is 19.4 Å². The van der Waals surface area contributed by atoms with Crippen molar-refractivity contribution < 1.29 is 38.1 Å². The third-order valence-corrected chi connectivity index (χ3v) is 10.3. The van der Waals surface area contributed by atoms with Gasteiger partial charge in [-0.25, -0.2) is 0 Å². The summed E-state index contributed by atoms with van der Waals surface area (Å²) < 4.78 is 24.1. The Labute approximate surface area is 338 Å². The molecule has 0 aliphatic rings. The van der Waals surface area contributed by atoms with Crippen LogP contribution in [0, 0.1) is 25.7 Å². The number of ether oxygens (including phenoxy) is 4. The van der Waals surface area contributed by atoms with Gasteiger partial charge in [0.15, 0.2) is 0 Å². The Morgan fingerprint density at radius 1 is 0.561 bits per heavy atom. The topological polar surface area (TPSA) is 105 Å². The van der Waals surface area contributed by atoms with Crippen molar-refractivity contribution in [1.29, 1.82) is 0 Å². The van der Waals surface area contributed by atoms with E-state index >= 15 is 0 Å². The lowest BCUT2D eigenvalue weighted by Crippen LogP contribution is -2.23. The van der Waals surface area contributed by atoms with Crippen molar-refractivity contribution in [3.05, 3.63) is 94.1 Å². The Hall–Kier alpha value is -5.24. The van der Waals surface area contributed by atoms with Gasteiger partial charge >= 0.3 is 23.9 Å². The second kappa shape index (κ2) is 17.9. The Bertz CT molecular complexity index is 2260. The molecule has 304 valence electrons. The molecular weight excluding hydrogens is 717 g/mol. The van der Waals surface area contributed by atoms with E-state index in [-0.39, 0.29) is 18.8 Å². The molecule has 0 saturated carbocycles. The SMILES string of the molecule is CC(=O)Oc1c(C)c(C(C)(C)/C=C(\C)CC(C)C)c(OC(=O)CCC(=O)Oc2c(C(C)(C)/C=C(\C)C(C)C)c(C)c(OC(C)=O)c3ccccc23)c2ccccc12. The number of esters is 4. The molecule has 0 atom stereocenters. The molecule has 4 aromatic carbocycles. The standard InChI is InChI=1S/C49H60O8/c1-28(2)25-30(5)26-48(11,12)42-32(7)44(54-34(9)50)36-19-15-17-21-38(36)46(42)56-40(52)23-24-41(53)57-47-39-22-18-16-20-37(39)45(55-35(10)51)33(8)43(47)49(13,14)27-31(6)29(3)4/h15-22,26-29H,23-25H2,1-14H3/b30-26+,31-27+. The zero-order valence-electron chi connectivity index (χ0n) is 36.3. The fourth-order valence-corrected chi connectivity index (χ4v) is 8.05. The average Bonchev–Trinajstić information content (AvgIpc) is 3.09. The fraction of sp³-hybridized carbons (Fsp3) is 0.429. The third kappa shape index (κ3) is 10.4. The summed E-state index contributed by atoms with van der Waals surface area (Å²) in [7, 11) is 0. The van der Waals surface area contributed by atoms with Gasteiger partial charge in [0.1, 0.15) is 23.0 Å². The minimum Gasteiger partial charge on any atom is -0.426 e. The van der Waals surface area contributed by atoms with Gasteiger partial charge < -0.3 is 18.9 Å². The van der Waals surface area contributed by atoms with E-state index in [1.54, 1.807) is 0 Å². The van der Waals surface area contributed by atoms with Crippen molar-refractivity contribution in [2.75, 3.05) is 0 Å². The lowest BCUT2D eigenvalue weighted by atomic mass is 9.77. The van der Waals surface area contributed by atoms with Crippen LogP contribution in [0.1, 0.15) is 125 Å². The summed E-state index contributed by atoms with van der Waals surface area (Å²) in [5.74, 6) is 0.121. The van der Waals surface area contributed by atoms with Gasteiger partial charge in [-0.2, -0.15) is 0 Å². The van der Waals surface area contributed by atoms with Gasteiger partial charge in [0.25, 0.3) is 0 Å². The van der Waals surface area contributed by atoms with Crippen LogP contribution in [0.2, 0.25) is 0 Å². The van der Waals surface area contributed by atoms with Crippen LogP contribution in [0.15, 0.2) is 71.8 Å². The molecule has 0 spiro atoms. The first-order valence-electron chi connectivity index (χ1n) is 19.8. The van der Waals surface area contributed by atoms with Crippen LogP contribution >= 0.6 is 0 Å². The van der Waals surface area contributed by atoms with E-state index < -0.39 is 34.7 Å². The van der Waals surface area contributed by atoms with Gasteiger partial charge in [0.2, 0.25) is 0 Å². The Kier molecular flexibility index (Phi) is 14.0. The van der Waals surface area contributed by atoms with E-state index in [9.17, 15) is 19.2 Å². The van der Waals surface area contributed by atoms with Crippen LogP contribution < -0.4 is 18.9 Å². The summed E-state index contributed by atoms with van der Waals surface area (Å²) >= 11 is 0.